The number of nitrogens with zero attached hydrogens (tertiary/aromatic N) is 1. The van der Waals surface area contributed by atoms with E-state index >= 15 is 0 Å². The summed E-state index contributed by atoms with van der Waals surface area (Å²) in [6, 6.07) is 2.99. The molecule has 7 nitrogen and oxygen atoms in total. The third kappa shape index (κ3) is 4.27. The maximum absolute atomic E-state index is 11.7. The zero-order valence-corrected chi connectivity index (χ0v) is 12.1. The second-order valence-corrected chi connectivity index (χ2v) is 4.26. The SMILES string of the molecule is CCOC(=O)c1ccc(OC(=O)CC)c(C(C)[N+](=O)[O-])c1. The maximum Gasteiger partial charge on any atom is 0.338 e. The fraction of sp³-hybridized carbons (Fsp3) is 0.429. The summed E-state index contributed by atoms with van der Waals surface area (Å²) in [7, 11) is 0. The second-order valence-electron chi connectivity index (χ2n) is 4.26. The zero-order valence-electron chi connectivity index (χ0n) is 12.1. The smallest absolute Gasteiger partial charge is 0.338 e. The van der Waals surface area contributed by atoms with Gasteiger partial charge in [-0.25, -0.2) is 4.79 Å². The number of ether oxygens (including phenoxy) is 2. The van der Waals surface area contributed by atoms with E-state index in [0.717, 1.165) is 0 Å². The van der Waals surface area contributed by atoms with E-state index in [2.05, 4.69) is 0 Å². The Hall–Kier alpha value is -2.44. The molecule has 1 rings (SSSR count). The van der Waals surface area contributed by atoms with Crippen molar-refractivity contribution >= 4 is 11.9 Å². The monoisotopic (exact) mass is 295 g/mol. The molecule has 0 aliphatic rings. The van der Waals surface area contributed by atoms with Crippen LogP contribution in [0, 0.1) is 10.1 Å². The van der Waals surface area contributed by atoms with Crippen LogP contribution in [0.15, 0.2) is 18.2 Å². The van der Waals surface area contributed by atoms with Gasteiger partial charge in [-0.1, -0.05) is 6.92 Å². The highest BCUT2D eigenvalue weighted by Crippen LogP contribution is 2.29. The lowest BCUT2D eigenvalue weighted by Crippen LogP contribution is -2.14. The lowest BCUT2D eigenvalue weighted by atomic mass is 10.0. The third-order valence-electron chi connectivity index (χ3n) is 2.80. The maximum atomic E-state index is 11.7. The third-order valence-corrected chi connectivity index (χ3v) is 2.80. The molecule has 0 amide bonds. The fourth-order valence-electron chi connectivity index (χ4n) is 1.62. The van der Waals surface area contributed by atoms with E-state index in [-0.39, 0.29) is 29.9 Å². The quantitative estimate of drug-likeness (QED) is 0.346. The zero-order chi connectivity index (χ0) is 16.0. The second kappa shape index (κ2) is 7.37. The van der Waals surface area contributed by atoms with Crippen molar-refractivity contribution in [3.63, 3.8) is 0 Å². The van der Waals surface area contributed by atoms with Crippen molar-refractivity contribution in [1.29, 1.82) is 0 Å². The summed E-state index contributed by atoms with van der Waals surface area (Å²) >= 11 is 0. The molecule has 1 unspecified atom stereocenters. The molecule has 0 aliphatic heterocycles. The van der Waals surface area contributed by atoms with Gasteiger partial charge >= 0.3 is 11.9 Å². The molecule has 1 atom stereocenters. The van der Waals surface area contributed by atoms with Crippen molar-refractivity contribution in [3.8, 4) is 5.75 Å². The number of nitro groups is 1. The largest absolute Gasteiger partial charge is 0.462 e. The Morgan fingerprint density at radius 3 is 2.52 bits per heavy atom. The van der Waals surface area contributed by atoms with Gasteiger partial charge in [0, 0.05) is 18.3 Å². The first-order valence-electron chi connectivity index (χ1n) is 6.55. The summed E-state index contributed by atoms with van der Waals surface area (Å²) in [6.07, 6.45) is 0.145. The first kappa shape index (κ1) is 16.6. The molecule has 0 bridgehead atoms. The Morgan fingerprint density at radius 1 is 1.33 bits per heavy atom. The molecule has 0 radical (unpaired) electrons. The summed E-state index contributed by atoms with van der Waals surface area (Å²) in [5, 5.41) is 11.0. The van der Waals surface area contributed by atoms with Crippen molar-refractivity contribution in [3.05, 3.63) is 39.4 Å². The first-order chi connectivity index (χ1) is 9.90. The Morgan fingerprint density at radius 2 is 2.00 bits per heavy atom. The van der Waals surface area contributed by atoms with Crippen LogP contribution in [-0.2, 0) is 9.53 Å². The molecule has 0 aromatic heterocycles. The molecule has 0 spiro atoms. The van der Waals surface area contributed by atoms with Crippen LogP contribution < -0.4 is 4.74 Å². The van der Waals surface area contributed by atoms with E-state index in [1.165, 1.54) is 25.1 Å². The highest BCUT2D eigenvalue weighted by atomic mass is 16.6. The highest BCUT2D eigenvalue weighted by Gasteiger charge is 2.24. The van der Waals surface area contributed by atoms with Crippen LogP contribution in [0.3, 0.4) is 0 Å². The van der Waals surface area contributed by atoms with E-state index in [0.29, 0.717) is 0 Å². The minimum Gasteiger partial charge on any atom is -0.462 e. The van der Waals surface area contributed by atoms with Crippen LogP contribution in [0.5, 0.6) is 5.75 Å². The summed E-state index contributed by atoms with van der Waals surface area (Å²) in [6.45, 7) is 4.83. The number of hydrogen-bond acceptors (Lipinski definition) is 6. The lowest BCUT2D eigenvalue weighted by Gasteiger charge is -2.12. The fourth-order valence-corrected chi connectivity index (χ4v) is 1.62. The minimum absolute atomic E-state index is 0.0825. The summed E-state index contributed by atoms with van der Waals surface area (Å²) in [4.78, 5) is 33.5. The number of hydrogen-bond donors (Lipinski definition) is 0. The number of rotatable bonds is 6. The van der Waals surface area contributed by atoms with E-state index in [1.54, 1.807) is 13.8 Å². The van der Waals surface area contributed by atoms with E-state index in [1.807, 2.05) is 0 Å². The Kier molecular flexibility index (Phi) is 5.83. The molecule has 0 heterocycles. The van der Waals surface area contributed by atoms with Crippen molar-refractivity contribution in [2.75, 3.05) is 6.61 Å². The van der Waals surface area contributed by atoms with Gasteiger partial charge in [-0.3, -0.25) is 14.9 Å². The van der Waals surface area contributed by atoms with Crippen molar-refractivity contribution < 1.29 is 24.0 Å². The van der Waals surface area contributed by atoms with Crippen LogP contribution in [0.4, 0.5) is 0 Å². The predicted octanol–water partition coefficient (Wildman–Crippen LogP) is 2.52. The molecular weight excluding hydrogens is 278 g/mol. The summed E-state index contributed by atoms with van der Waals surface area (Å²) in [5.74, 6) is -1.00. The molecule has 0 fully saturated rings. The van der Waals surface area contributed by atoms with Gasteiger partial charge in [0.1, 0.15) is 5.75 Å². The minimum atomic E-state index is -1.11. The molecule has 0 saturated heterocycles. The Bertz CT molecular complexity index is 554. The van der Waals surface area contributed by atoms with Gasteiger partial charge in [0.2, 0.25) is 6.04 Å². The van der Waals surface area contributed by atoms with Gasteiger partial charge in [0.15, 0.2) is 0 Å². The molecule has 114 valence electrons. The topological polar surface area (TPSA) is 95.7 Å². The Balaban J connectivity index is 3.22. The normalized spacial score (nSPS) is 11.6. The van der Waals surface area contributed by atoms with E-state index < -0.39 is 22.9 Å². The summed E-state index contributed by atoms with van der Waals surface area (Å²) < 4.78 is 9.91. The summed E-state index contributed by atoms with van der Waals surface area (Å²) in [5.41, 5.74) is 0.337. The van der Waals surface area contributed by atoms with E-state index in [4.69, 9.17) is 9.47 Å². The molecule has 1 aromatic carbocycles. The van der Waals surface area contributed by atoms with Gasteiger partial charge in [-0.15, -0.1) is 0 Å². The Labute approximate surface area is 122 Å². The highest BCUT2D eigenvalue weighted by molar-refractivity contribution is 5.90. The van der Waals surface area contributed by atoms with Crippen molar-refractivity contribution in [1.82, 2.24) is 0 Å². The molecule has 0 aliphatic carbocycles. The molecule has 21 heavy (non-hydrogen) atoms. The molecule has 0 saturated carbocycles. The number of esters is 2. The number of benzene rings is 1. The van der Waals surface area contributed by atoms with Crippen LogP contribution in [0.25, 0.3) is 0 Å². The van der Waals surface area contributed by atoms with Gasteiger partial charge in [-0.05, 0) is 25.1 Å². The number of carbonyl (C=O) groups is 2. The van der Waals surface area contributed by atoms with E-state index in [9.17, 15) is 19.7 Å². The predicted molar refractivity (Wildman–Crippen MR) is 73.7 cm³/mol. The molecule has 7 heteroatoms. The van der Waals surface area contributed by atoms with Crippen molar-refractivity contribution in [2.24, 2.45) is 0 Å². The van der Waals surface area contributed by atoms with Crippen LogP contribution >= 0.6 is 0 Å². The standard InChI is InChI=1S/C14H17NO6/c1-4-13(16)21-12-7-6-10(14(17)20-5-2)8-11(12)9(3)15(18)19/h6-9H,4-5H2,1-3H3. The number of carbonyl (C=O) groups excluding carboxylic acids is 2. The van der Waals surface area contributed by atoms with Crippen LogP contribution in [0.1, 0.15) is 49.2 Å². The van der Waals surface area contributed by atoms with Crippen LogP contribution in [0.2, 0.25) is 0 Å². The van der Waals surface area contributed by atoms with Crippen molar-refractivity contribution in [2.45, 2.75) is 33.2 Å². The average molecular weight is 295 g/mol. The van der Waals surface area contributed by atoms with Gasteiger partial charge in [0.05, 0.1) is 17.7 Å². The first-order valence-corrected chi connectivity index (χ1v) is 6.55. The van der Waals surface area contributed by atoms with Gasteiger partial charge in [-0.2, -0.15) is 0 Å². The lowest BCUT2D eigenvalue weighted by molar-refractivity contribution is -0.524. The molecule has 0 N–H and O–H groups in total. The average Bonchev–Trinajstić information content (AvgIpc) is 2.46. The van der Waals surface area contributed by atoms with Crippen LogP contribution in [-0.4, -0.2) is 23.5 Å². The molecule has 1 aromatic rings. The molecular formula is C14H17NO6. The van der Waals surface area contributed by atoms with Gasteiger partial charge in [0.25, 0.3) is 0 Å². The van der Waals surface area contributed by atoms with Gasteiger partial charge < -0.3 is 9.47 Å².